The van der Waals surface area contributed by atoms with Crippen LogP contribution in [-0.2, 0) is 0 Å². The Hall–Kier alpha value is -0.0400. The highest BCUT2D eigenvalue weighted by molar-refractivity contribution is 4.82. The lowest BCUT2D eigenvalue weighted by Gasteiger charge is -2.31. The molecule has 0 heterocycles. The van der Waals surface area contributed by atoms with E-state index in [-0.39, 0.29) is 0 Å². The third-order valence-electron chi connectivity index (χ3n) is 3.75. The van der Waals surface area contributed by atoms with E-state index in [4.69, 9.17) is 0 Å². The van der Waals surface area contributed by atoms with Gasteiger partial charge in [0.2, 0.25) is 0 Å². The molecule has 0 saturated heterocycles. The fourth-order valence-electron chi connectivity index (χ4n) is 2.38. The Morgan fingerprint density at radius 1 is 0.706 bits per heavy atom. The average Bonchev–Trinajstić information content (AvgIpc) is 2.34. The fraction of sp³-hybridized carbons (Fsp3) is 1.00. The molecule has 0 aromatic heterocycles. The van der Waals surface area contributed by atoms with Gasteiger partial charge in [0.15, 0.2) is 0 Å². The molecule has 104 valence electrons. The van der Waals surface area contributed by atoms with Crippen molar-refractivity contribution in [3.05, 3.63) is 0 Å². The SMILES string of the molecule is CCCCCCNC(C)(CCCC)CCCC. The van der Waals surface area contributed by atoms with Gasteiger partial charge >= 0.3 is 0 Å². The van der Waals surface area contributed by atoms with Gasteiger partial charge in [0.25, 0.3) is 0 Å². The number of hydrogen-bond acceptors (Lipinski definition) is 1. The van der Waals surface area contributed by atoms with Crippen LogP contribution in [0.15, 0.2) is 0 Å². The van der Waals surface area contributed by atoms with Crippen molar-refractivity contribution in [1.29, 1.82) is 0 Å². The van der Waals surface area contributed by atoms with Gasteiger partial charge < -0.3 is 5.32 Å². The minimum Gasteiger partial charge on any atom is -0.312 e. The molecule has 0 aliphatic heterocycles. The van der Waals surface area contributed by atoms with Crippen molar-refractivity contribution in [3.8, 4) is 0 Å². The minimum atomic E-state index is 0.401. The monoisotopic (exact) mass is 241 g/mol. The summed E-state index contributed by atoms with van der Waals surface area (Å²) < 4.78 is 0. The molecule has 1 nitrogen and oxygen atoms in total. The molecule has 0 saturated carbocycles. The molecular formula is C16H35N. The van der Waals surface area contributed by atoms with Crippen LogP contribution < -0.4 is 5.32 Å². The predicted octanol–water partition coefficient (Wildman–Crippen LogP) is 5.30. The zero-order valence-corrected chi connectivity index (χ0v) is 12.8. The number of hydrogen-bond donors (Lipinski definition) is 1. The molecule has 0 aromatic carbocycles. The predicted molar refractivity (Wildman–Crippen MR) is 79.6 cm³/mol. The van der Waals surface area contributed by atoms with Crippen LogP contribution in [0.25, 0.3) is 0 Å². The first-order valence-electron chi connectivity index (χ1n) is 7.93. The van der Waals surface area contributed by atoms with E-state index in [9.17, 15) is 0 Å². The van der Waals surface area contributed by atoms with Crippen molar-refractivity contribution in [2.75, 3.05) is 6.54 Å². The Balaban J connectivity index is 3.82. The van der Waals surface area contributed by atoms with Crippen LogP contribution in [0.1, 0.15) is 91.9 Å². The Bertz CT molecular complexity index is 146. The topological polar surface area (TPSA) is 12.0 Å². The first-order valence-corrected chi connectivity index (χ1v) is 7.93. The molecule has 0 spiro atoms. The maximum Gasteiger partial charge on any atom is 0.0153 e. The molecular weight excluding hydrogens is 206 g/mol. The van der Waals surface area contributed by atoms with Gasteiger partial charge in [-0.05, 0) is 32.7 Å². The molecule has 0 atom stereocenters. The van der Waals surface area contributed by atoms with Crippen LogP contribution in [-0.4, -0.2) is 12.1 Å². The molecule has 0 fully saturated rings. The maximum absolute atomic E-state index is 3.82. The second-order valence-electron chi connectivity index (χ2n) is 5.76. The van der Waals surface area contributed by atoms with E-state index >= 15 is 0 Å². The molecule has 0 aromatic rings. The van der Waals surface area contributed by atoms with E-state index in [2.05, 4.69) is 33.0 Å². The zero-order valence-electron chi connectivity index (χ0n) is 12.8. The molecule has 1 heteroatoms. The summed E-state index contributed by atoms with van der Waals surface area (Å²) in [5.41, 5.74) is 0.401. The van der Waals surface area contributed by atoms with Crippen molar-refractivity contribution in [1.82, 2.24) is 5.32 Å². The van der Waals surface area contributed by atoms with Crippen molar-refractivity contribution in [3.63, 3.8) is 0 Å². The molecule has 1 N–H and O–H groups in total. The summed E-state index contributed by atoms with van der Waals surface area (Å²) in [5.74, 6) is 0. The van der Waals surface area contributed by atoms with Gasteiger partial charge in [-0.25, -0.2) is 0 Å². The summed E-state index contributed by atoms with van der Waals surface area (Å²) in [7, 11) is 0. The normalized spacial score (nSPS) is 12.0. The number of unbranched alkanes of at least 4 members (excludes halogenated alkanes) is 5. The van der Waals surface area contributed by atoms with E-state index < -0.39 is 0 Å². The van der Waals surface area contributed by atoms with E-state index in [1.807, 2.05) is 0 Å². The fourth-order valence-corrected chi connectivity index (χ4v) is 2.38. The van der Waals surface area contributed by atoms with Crippen LogP contribution in [0.4, 0.5) is 0 Å². The lowest BCUT2D eigenvalue weighted by molar-refractivity contribution is 0.290. The Kier molecular flexibility index (Phi) is 11.0. The van der Waals surface area contributed by atoms with Crippen LogP contribution in [0.2, 0.25) is 0 Å². The number of nitrogens with one attached hydrogen (secondary N) is 1. The summed E-state index contributed by atoms with van der Waals surface area (Å²) >= 11 is 0. The van der Waals surface area contributed by atoms with Crippen molar-refractivity contribution >= 4 is 0 Å². The van der Waals surface area contributed by atoms with Crippen molar-refractivity contribution < 1.29 is 0 Å². The average molecular weight is 241 g/mol. The second kappa shape index (κ2) is 11.1. The first kappa shape index (κ1) is 17.0. The van der Waals surface area contributed by atoms with Gasteiger partial charge in [-0.2, -0.15) is 0 Å². The largest absolute Gasteiger partial charge is 0.312 e. The highest BCUT2D eigenvalue weighted by Gasteiger charge is 2.21. The smallest absolute Gasteiger partial charge is 0.0153 e. The summed E-state index contributed by atoms with van der Waals surface area (Å²) in [4.78, 5) is 0. The Morgan fingerprint density at radius 3 is 1.71 bits per heavy atom. The third kappa shape index (κ3) is 9.64. The molecule has 0 amide bonds. The summed E-state index contributed by atoms with van der Waals surface area (Å²) in [6.45, 7) is 10.5. The third-order valence-corrected chi connectivity index (χ3v) is 3.75. The van der Waals surface area contributed by atoms with E-state index in [1.54, 1.807) is 0 Å². The van der Waals surface area contributed by atoms with Crippen LogP contribution in [0.3, 0.4) is 0 Å². The second-order valence-corrected chi connectivity index (χ2v) is 5.76. The summed E-state index contributed by atoms with van der Waals surface area (Å²) in [5, 5.41) is 3.82. The lowest BCUT2D eigenvalue weighted by Crippen LogP contribution is -2.42. The van der Waals surface area contributed by atoms with Crippen molar-refractivity contribution in [2.24, 2.45) is 0 Å². The molecule has 0 radical (unpaired) electrons. The Morgan fingerprint density at radius 2 is 1.24 bits per heavy atom. The van der Waals surface area contributed by atoms with Gasteiger partial charge in [0, 0.05) is 5.54 Å². The highest BCUT2D eigenvalue weighted by atomic mass is 15.0. The van der Waals surface area contributed by atoms with Gasteiger partial charge in [-0.15, -0.1) is 0 Å². The van der Waals surface area contributed by atoms with Gasteiger partial charge in [0.1, 0.15) is 0 Å². The van der Waals surface area contributed by atoms with Crippen LogP contribution in [0, 0.1) is 0 Å². The minimum absolute atomic E-state index is 0.401. The van der Waals surface area contributed by atoms with E-state index in [0.29, 0.717) is 5.54 Å². The molecule has 0 rings (SSSR count). The van der Waals surface area contributed by atoms with Crippen LogP contribution in [0.5, 0.6) is 0 Å². The van der Waals surface area contributed by atoms with Crippen molar-refractivity contribution in [2.45, 2.75) is 97.4 Å². The molecule has 0 aliphatic rings. The standard InChI is InChI=1S/C16H35N/c1-5-8-11-12-15-17-16(4,13-9-6-2)14-10-7-3/h17H,5-15H2,1-4H3. The summed E-state index contributed by atoms with van der Waals surface area (Å²) in [6, 6.07) is 0. The van der Waals surface area contributed by atoms with E-state index in [1.165, 1.54) is 70.8 Å². The number of rotatable bonds is 12. The maximum atomic E-state index is 3.82. The van der Waals surface area contributed by atoms with Gasteiger partial charge in [-0.1, -0.05) is 65.7 Å². The molecule has 17 heavy (non-hydrogen) atoms. The van der Waals surface area contributed by atoms with Crippen LogP contribution >= 0.6 is 0 Å². The zero-order chi connectivity index (χ0) is 13.0. The molecule has 0 unspecified atom stereocenters. The summed E-state index contributed by atoms with van der Waals surface area (Å²) in [6.07, 6.45) is 13.5. The molecule has 0 aliphatic carbocycles. The first-order chi connectivity index (χ1) is 8.18. The highest BCUT2D eigenvalue weighted by Crippen LogP contribution is 2.21. The van der Waals surface area contributed by atoms with E-state index in [0.717, 1.165) is 0 Å². The molecule has 0 bridgehead atoms. The quantitative estimate of drug-likeness (QED) is 0.457. The van der Waals surface area contributed by atoms with Gasteiger partial charge in [0.05, 0.1) is 0 Å². The Labute approximate surface area is 110 Å². The van der Waals surface area contributed by atoms with Gasteiger partial charge in [-0.3, -0.25) is 0 Å². The lowest BCUT2D eigenvalue weighted by atomic mass is 9.89.